The second-order valence-corrected chi connectivity index (χ2v) is 9.23. The number of amides is 3. The summed E-state index contributed by atoms with van der Waals surface area (Å²) in [4.78, 5) is 37.3. The summed E-state index contributed by atoms with van der Waals surface area (Å²) in [7, 11) is 0. The summed E-state index contributed by atoms with van der Waals surface area (Å²) in [5.74, 6) is 0.587. The van der Waals surface area contributed by atoms with E-state index in [4.69, 9.17) is 0 Å². The smallest absolute Gasteiger partial charge is 0.309 e. The summed E-state index contributed by atoms with van der Waals surface area (Å²) in [5.41, 5.74) is 1.19. The number of likely N-dealkylation sites (tertiary alicyclic amines) is 1. The van der Waals surface area contributed by atoms with E-state index in [-0.39, 0.29) is 18.5 Å². The van der Waals surface area contributed by atoms with Crippen molar-refractivity contribution in [1.29, 1.82) is 0 Å². The van der Waals surface area contributed by atoms with E-state index in [1.165, 1.54) is 10.5 Å². The lowest BCUT2D eigenvalue weighted by atomic mass is 9.85. The van der Waals surface area contributed by atoms with Crippen LogP contribution in [0.15, 0.2) is 54.7 Å². The molecule has 0 aliphatic carbocycles. The molecule has 0 radical (unpaired) electrons. The molecule has 2 aliphatic heterocycles. The first kappa shape index (κ1) is 22.5. The van der Waals surface area contributed by atoms with E-state index in [9.17, 15) is 9.59 Å². The van der Waals surface area contributed by atoms with Crippen LogP contribution in [-0.4, -0.2) is 63.3 Å². The van der Waals surface area contributed by atoms with Crippen LogP contribution in [0.4, 0.5) is 4.79 Å². The first-order chi connectivity index (χ1) is 15.5. The Kier molecular flexibility index (Phi) is 6.89. The molecule has 3 amide bonds. The van der Waals surface area contributed by atoms with Crippen LogP contribution in [0.2, 0.25) is 0 Å². The molecule has 4 rings (SSSR count). The van der Waals surface area contributed by atoms with Gasteiger partial charge in [0.1, 0.15) is 5.54 Å². The SMILES string of the molecule is CC[C@H](C)CN1CCC2(CC1)C(=O)N(Cc1ccccn1)C(=O)N2CCc1ccccc1. The maximum Gasteiger partial charge on any atom is 0.328 e. The van der Waals surface area contributed by atoms with Crippen molar-refractivity contribution in [3.63, 3.8) is 0 Å². The number of nitrogens with zero attached hydrogens (tertiary/aromatic N) is 4. The first-order valence-electron chi connectivity index (χ1n) is 11.8. The van der Waals surface area contributed by atoms with Crippen LogP contribution in [-0.2, 0) is 17.8 Å². The van der Waals surface area contributed by atoms with Gasteiger partial charge in [0.2, 0.25) is 0 Å². The molecule has 1 aromatic carbocycles. The highest BCUT2D eigenvalue weighted by Crippen LogP contribution is 2.38. The van der Waals surface area contributed by atoms with Gasteiger partial charge in [-0.25, -0.2) is 4.79 Å². The molecule has 32 heavy (non-hydrogen) atoms. The Morgan fingerprint density at radius 3 is 2.41 bits per heavy atom. The molecular weight excluding hydrogens is 400 g/mol. The molecule has 6 heteroatoms. The van der Waals surface area contributed by atoms with Gasteiger partial charge in [-0.15, -0.1) is 0 Å². The lowest BCUT2D eigenvalue weighted by molar-refractivity contribution is -0.136. The highest BCUT2D eigenvalue weighted by molar-refractivity contribution is 6.07. The van der Waals surface area contributed by atoms with Gasteiger partial charge in [-0.05, 0) is 42.9 Å². The third kappa shape index (κ3) is 4.56. The van der Waals surface area contributed by atoms with Gasteiger partial charge in [0.05, 0.1) is 12.2 Å². The summed E-state index contributed by atoms with van der Waals surface area (Å²) < 4.78 is 0. The minimum Gasteiger partial charge on any atom is -0.309 e. The average Bonchev–Trinajstić information content (AvgIpc) is 3.01. The van der Waals surface area contributed by atoms with Crippen LogP contribution in [0.25, 0.3) is 0 Å². The lowest BCUT2D eigenvalue weighted by Gasteiger charge is -2.42. The van der Waals surface area contributed by atoms with Crippen molar-refractivity contribution in [3.8, 4) is 0 Å². The molecule has 2 aliphatic rings. The summed E-state index contributed by atoms with van der Waals surface area (Å²) in [6, 6.07) is 15.6. The summed E-state index contributed by atoms with van der Waals surface area (Å²) >= 11 is 0. The Hall–Kier alpha value is -2.73. The molecule has 6 nitrogen and oxygen atoms in total. The van der Waals surface area contributed by atoms with Gasteiger partial charge in [0.15, 0.2) is 0 Å². The van der Waals surface area contributed by atoms with E-state index >= 15 is 0 Å². The number of carbonyl (C=O) groups excluding carboxylic acids is 2. The fourth-order valence-electron chi connectivity index (χ4n) is 4.93. The van der Waals surface area contributed by atoms with E-state index in [1.807, 2.05) is 41.3 Å². The molecule has 2 fully saturated rings. The summed E-state index contributed by atoms with van der Waals surface area (Å²) in [5, 5.41) is 0. The maximum atomic E-state index is 13.7. The predicted molar refractivity (Wildman–Crippen MR) is 125 cm³/mol. The van der Waals surface area contributed by atoms with Crippen LogP contribution < -0.4 is 0 Å². The maximum absolute atomic E-state index is 13.7. The van der Waals surface area contributed by atoms with Crippen molar-refractivity contribution in [2.24, 2.45) is 5.92 Å². The van der Waals surface area contributed by atoms with Crippen molar-refractivity contribution in [1.82, 2.24) is 19.7 Å². The zero-order chi connectivity index (χ0) is 22.6. The average molecular weight is 435 g/mol. The molecule has 1 atom stereocenters. The molecular formula is C26H34N4O2. The number of hydrogen-bond donors (Lipinski definition) is 0. The Morgan fingerprint density at radius 1 is 1.03 bits per heavy atom. The van der Waals surface area contributed by atoms with E-state index in [2.05, 4.69) is 35.9 Å². The molecule has 0 saturated carbocycles. The second-order valence-electron chi connectivity index (χ2n) is 9.23. The number of piperidine rings is 1. The second kappa shape index (κ2) is 9.82. The first-order valence-corrected chi connectivity index (χ1v) is 11.8. The number of carbonyl (C=O) groups is 2. The van der Waals surface area contributed by atoms with Crippen LogP contribution in [0.5, 0.6) is 0 Å². The molecule has 0 unspecified atom stereocenters. The normalized spacial score (nSPS) is 19.7. The number of aromatic nitrogens is 1. The molecule has 2 saturated heterocycles. The van der Waals surface area contributed by atoms with E-state index in [0.717, 1.165) is 38.2 Å². The van der Waals surface area contributed by atoms with Gasteiger partial charge >= 0.3 is 6.03 Å². The Labute approximate surface area is 191 Å². The van der Waals surface area contributed by atoms with Gasteiger partial charge in [-0.3, -0.25) is 14.7 Å². The van der Waals surface area contributed by atoms with Gasteiger partial charge in [0.25, 0.3) is 5.91 Å². The number of pyridine rings is 1. The monoisotopic (exact) mass is 434 g/mol. The largest absolute Gasteiger partial charge is 0.328 e. The zero-order valence-corrected chi connectivity index (χ0v) is 19.2. The van der Waals surface area contributed by atoms with Crippen molar-refractivity contribution in [2.75, 3.05) is 26.2 Å². The van der Waals surface area contributed by atoms with Crippen molar-refractivity contribution >= 4 is 11.9 Å². The van der Waals surface area contributed by atoms with Crippen LogP contribution in [0.1, 0.15) is 44.4 Å². The van der Waals surface area contributed by atoms with E-state index in [0.29, 0.717) is 25.3 Å². The number of benzene rings is 1. The Balaban J connectivity index is 1.54. The van der Waals surface area contributed by atoms with E-state index < -0.39 is 5.54 Å². The molecule has 0 N–H and O–H groups in total. The van der Waals surface area contributed by atoms with Gasteiger partial charge in [0, 0.05) is 32.4 Å². The van der Waals surface area contributed by atoms with Crippen molar-refractivity contribution in [3.05, 3.63) is 66.0 Å². The molecule has 0 bridgehead atoms. The Morgan fingerprint density at radius 2 is 1.75 bits per heavy atom. The van der Waals surface area contributed by atoms with Crippen LogP contribution in [0.3, 0.4) is 0 Å². The van der Waals surface area contributed by atoms with Gasteiger partial charge in [-0.1, -0.05) is 56.7 Å². The highest BCUT2D eigenvalue weighted by Gasteiger charge is 2.57. The zero-order valence-electron chi connectivity index (χ0n) is 19.2. The minimum absolute atomic E-state index is 0.0515. The third-order valence-electron chi connectivity index (χ3n) is 7.08. The van der Waals surface area contributed by atoms with Gasteiger partial charge in [-0.2, -0.15) is 0 Å². The number of urea groups is 1. The quantitative estimate of drug-likeness (QED) is 0.590. The van der Waals surface area contributed by atoms with Gasteiger partial charge < -0.3 is 9.80 Å². The minimum atomic E-state index is -0.730. The van der Waals surface area contributed by atoms with Crippen LogP contribution >= 0.6 is 0 Å². The van der Waals surface area contributed by atoms with E-state index in [1.54, 1.807) is 6.20 Å². The Bertz CT molecular complexity index is 910. The molecule has 1 aromatic heterocycles. The highest BCUT2D eigenvalue weighted by atomic mass is 16.2. The molecule has 2 aromatic rings. The fourth-order valence-corrected chi connectivity index (χ4v) is 4.93. The third-order valence-corrected chi connectivity index (χ3v) is 7.08. The fraction of sp³-hybridized carbons (Fsp3) is 0.500. The number of rotatable bonds is 8. The molecule has 170 valence electrons. The topological polar surface area (TPSA) is 56.8 Å². The van der Waals surface area contributed by atoms with Crippen LogP contribution in [0, 0.1) is 5.92 Å². The standard InChI is InChI=1S/C26H34N4O2/c1-3-21(2)19-28-17-13-26(14-18-28)24(31)29(20-23-11-7-8-15-27-23)25(32)30(26)16-12-22-9-5-4-6-10-22/h4-11,15,21H,3,12-14,16-20H2,1-2H3/t21-/m0/s1. The molecule has 3 heterocycles. The predicted octanol–water partition coefficient (Wildman–Crippen LogP) is 3.97. The van der Waals surface area contributed by atoms with Crippen molar-refractivity contribution < 1.29 is 9.59 Å². The van der Waals surface area contributed by atoms with Crippen molar-refractivity contribution in [2.45, 2.75) is 51.6 Å². The number of imide groups is 1. The lowest BCUT2D eigenvalue weighted by Crippen LogP contribution is -2.57. The molecule has 1 spiro atoms. The number of hydrogen-bond acceptors (Lipinski definition) is 4. The summed E-state index contributed by atoms with van der Waals surface area (Å²) in [6.45, 7) is 8.03. The summed E-state index contributed by atoms with van der Waals surface area (Å²) in [6.07, 6.45) is 5.00.